The van der Waals surface area contributed by atoms with Crippen LogP contribution in [0.3, 0.4) is 0 Å². The van der Waals surface area contributed by atoms with Crippen LogP contribution in [0, 0.1) is 22.0 Å². The number of carbonyl (C=O) groups excluding carboxylic acids is 1. The van der Waals surface area contributed by atoms with Crippen molar-refractivity contribution in [3.05, 3.63) is 10.1 Å². The molecule has 0 aliphatic heterocycles. The molecule has 1 saturated carbocycles. The number of hydrogen-bond acceptors (Lipinski definition) is 3. The predicted octanol–water partition coefficient (Wildman–Crippen LogP) is 1.21. The highest BCUT2D eigenvalue weighted by molar-refractivity contribution is 5.54. The zero-order chi connectivity index (χ0) is 10.0. The zero-order valence-electron chi connectivity index (χ0n) is 7.35. The highest BCUT2D eigenvalue weighted by Gasteiger charge is 2.41. The molecular formula is C8H12FNO3. The molecule has 0 aromatic rings. The quantitative estimate of drug-likeness (QED) is 0.372. The van der Waals surface area contributed by atoms with Crippen molar-refractivity contribution in [3.63, 3.8) is 0 Å². The summed E-state index contributed by atoms with van der Waals surface area (Å²) in [5.41, 5.74) is 0. The molecule has 1 rings (SSSR count). The number of carbonyl (C=O) groups is 1. The maximum Gasteiger partial charge on any atom is 0.222 e. The number of nitro groups is 1. The summed E-state index contributed by atoms with van der Waals surface area (Å²) in [4.78, 5) is 20.5. The minimum atomic E-state index is -1.08. The molecule has 0 bridgehead atoms. The van der Waals surface area contributed by atoms with Gasteiger partial charge in [-0.3, -0.25) is 10.1 Å². The summed E-state index contributed by atoms with van der Waals surface area (Å²) in [5.74, 6) is -1.06. The zero-order valence-corrected chi connectivity index (χ0v) is 7.35. The SMILES string of the molecule is CC1CC([N+](=O)[O-])C(C=O)CC1F. The average Bonchev–Trinajstić information content (AvgIpc) is 2.08. The monoisotopic (exact) mass is 189 g/mol. The van der Waals surface area contributed by atoms with Crippen LogP contribution in [0.4, 0.5) is 4.39 Å². The Hall–Kier alpha value is -1.00. The minimum absolute atomic E-state index is 0.00366. The number of aldehydes is 1. The third kappa shape index (κ3) is 2.02. The summed E-state index contributed by atoms with van der Waals surface area (Å²) in [7, 11) is 0. The predicted molar refractivity (Wildman–Crippen MR) is 43.6 cm³/mol. The summed E-state index contributed by atoms with van der Waals surface area (Å²) in [6, 6.07) is -0.889. The number of alkyl halides is 1. The third-order valence-corrected chi connectivity index (χ3v) is 2.67. The summed E-state index contributed by atoms with van der Waals surface area (Å²) >= 11 is 0. The van der Waals surface area contributed by atoms with Crippen molar-refractivity contribution in [2.24, 2.45) is 11.8 Å². The lowest BCUT2D eigenvalue weighted by Crippen LogP contribution is -2.40. The van der Waals surface area contributed by atoms with E-state index < -0.39 is 23.1 Å². The lowest BCUT2D eigenvalue weighted by Gasteiger charge is -2.28. The van der Waals surface area contributed by atoms with Crippen LogP contribution < -0.4 is 0 Å². The summed E-state index contributed by atoms with van der Waals surface area (Å²) in [5, 5.41) is 10.5. The van der Waals surface area contributed by atoms with Crippen LogP contribution in [-0.2, 0) is 4.79 Å². The standard InChI is InChI=1S/C8H12FNO3/c1-5-2-8(10(12)13)6(4-11)3-7(5)9/h4-8H,2-3H2,1H3. The highest BCUT2D eigenvalue weighted by atomic mass is 19.1. The molecule has 0 aromatic heterocycles. The van der Waals surface area contributed by atoms with E-state index in [1.54, 1.807) is 6.92 Å². The molecule has 5 heteroatoms. The number of hydrogen-bond donors (Lipinski definition) is 0. The van der Waals surface area contributed by atoms with E-state index in [0.29, 0.717) is 6.29 Å². The Kier molecular flexibility index (Phi) is 2.95. The van der Waals surface area contributed by atoms with Crippen LogP contribution in [0.1, 0.15) is 19.8 Å². The molecule has 1 fully saturated rings. The summed E-state index contributed by atoms with van der Waals surface area (Å²) in [6.45, 7) is 1.64. The average molecular weight is 189 g/mol. The maximum absolute atomic E-state index is 13.1. The van der Waals surface area contributed by atoms with Crippen LogP contribution in [0.2, 0.25) is 0 Å². The second kappa shape index (κ2) is 3.81. The van der Waals surface area contributed by atoms with Gasteiger partial charge in [0, 0.05) is 11.3 Å². The Balaban J connectivity index is 2.71. The molecule has 0 spiro atoms. The second-order valence-electron chi connectivity index (χ2n) is 3.62. The van der Waals surface area contributed by atoms with Crippen molar-refractivity contribution >= 4 is 6.29 Å². The first kappa shape index (κ1) is 10.1. The Bertz CT molecular complexity index is 221. The van der Waals surface area contributed by atoms with E-state index in [4.69, 9.17) is 0 Å². The molecule has 4 nitrogen and oxygen atoms in total. The van der Waals surface area contributed by atoms with Crippen molar-refractivity contribution in [1.82, 2.24) is 0 Å². The molecule has 4 unspecified atom stereocenters. The molecule has 1 aliphatic carbocycles. The first-order chi connectivity index (χ1) is 6.06. The van der Waals surface area contributed by atoms with Gasteiger partial charge in [-0.2, -0.15) is 0 Å². The molecule has 0 aromatic carbocycles. The summed E-state index contributed by atoms with van der Waals surface area (Å²) in [6.07, 6.45) is -0.411. The van der Waals surface area contributed by atoms with Gasteiger partial charge in [-0.15, -0.1) is 0 Å². The largest absolute Gasteiger partial charge is 0.303 e. The van der Waals surface area contributed by atoms with E-state index >= 15 is 0 Å². The molecule has 4 atom stereocenters. The number of nitrogens with zero attached hydrogens (tertiary/aromatic N) is 1. The maximum atomic E-state index is 13.1. The van der Waals surface area contributed by atoms with Crippen molar-refractivity contribution < 1.29 is 14.1 Å². The normalized spacial score (nSPS) is 39.8. The van der Waals surface area contributed by atoms with Crippen LogP contribution in [0.25, 0.3) is 0 Å². The van der Waals surface area contributed by atoms with E-state index in [0.717, 1.165) is 0 Å². The van der Waals surface area contributed by atoms with Gasteiger partial charge in [-0.05, 0) is 12.3 Å². The van der Waals surface area contributed by atoms with Crippen molar-refractivity contribution in [1.29, 1.82) is 0 Å². The third-order valence-electron chi connectivity index (χ3n) is 2.67. The van der Waals surface area contributed by atoms with Crippen molar-refractivity contribution in [2.45, 2.75) is 32.0 Å². The molecule has 0 radical (unpaired) electrons. The fourth-order valence-electron chi connectivity index (χ4n) is 1.74. The molecule has 1 aliphatic rings. The van der Waals surface area contributed by atoms with Crippen LogP contribution in [0.15, 0.2) is 0 Å². The lowest BCUT2D eigenvalue weighted by atomic mass is 9.79. The van der Waals surface area contributed by atoms with Crippen LogP contribution in [-0.4, -0.2) is 23.4 Å². The highest BCUT2D eigenvalue weighted by Crippen LogP contribution is 2.31. The fourth-order valence-corrected chi connectivity index (χ4v) is 1.74. The number of rotatable bonds is 2. The topological polar surface area (TPSA) is 60.2 Å². The van der Waals surface area contributed by atoms with Gasteiger partial charge in [-0.25, -0.2) is 4.39 Å². The number of halogens is 1. The van der Waals surface area contributed by atoms with Gasteiger partial charge >= 0.3 is 0 Å². The molecule has 0 N–H and O–H groups in total. The Labute approximate surface area is 75.3 Å². The Morgan fingerprint density at radius 3 is 2.62 bits per heavy atom. The first-order valence-corrected chi connectivity index (χ1v) is 4.29. The van der Waals surface area contributed by atoms with Gasteiger partial charge in [-0.1, -0.05) is 6.92 Å². The van der Waals surface area contributed by atoms with Gasteiger partial charge in [0.1, 0.15) is 12.5 Å². The lowest BCUT2D eigenvalue weighted by molar-refractivity contribution is -0.534. The first-order valence-electron chi connectivity index (χ1n) is 4.29. The van der Waals surface area contributed by atoms with Gasteiger partial charge < -0.3 is 4.79 Å². The molecular weight excluding hydrogens is 177 g/mol. The van der Waals surface area contributed by atoms with Crippen LogP contribution in [0.5, 0.6) is 0 Å². The molecule has 0 saturated heterocycles. The van der Waals surface area contributed by atoms with Crippen LogP contribution >= 0.6 is 0 Å². The van der Waals surface area contributed by atoms with E-state index in [9.17, 15) is 19.3 Å². The molecule has 13 heavy (non-hydrogen) atoms. The Morgan fingerprint density at radius 2 is 2.15 bits per heavy atom. The Morgan fingerprint density at radius 1 is 1.54 bits per heavy atom. The van der Waals surface area contributed by atoms with Gasteiger partial charge in [0.05, 0.1) is 5.92 Å². The smallest absolute Gasteiger partial charge is 0.222 e. The van der Waals surface area contributed by atoms with E-state index in [-0.39, 0.29) is 18.8 Å². The van der Waals surface area contributed by atoms with Crippen molar-refractivity contribution in [2.75, 3.05) is 0 Å². The van der Waals surface area contributed by atoms with Gasteiger partial charge in [0.25, 0.3) is 0 Å². The summed E-state index contributed by atoms with van der Waals surface area (Å²) < 4.78 is 13.1. The molecule has 0 heterocycles. The molecule has 74 valence electrons. The van der Waals surface area contributed by atoms with E-state index in [1.807, 2.05) is 0 Å². The van der Waals surface area contributed by atoms with E-state index in [1.165, 1.54) is 0 Å². The minimum Gasteiger partial charge on any atom is -0.303 e. The molecule has 0 amide bonds. The van der Waals surface area contributed by atoms with Gasteiger partial charge in [0.15, 0.2) is 0 Å². The second-order valence-corrected chi connectivity index (χ2v) is 3.62. The van der Waals surface area contributed by atoms with Crippen molar-refractivity contribution in [3.8, 4) is 0 Å². The van der Waals surface area contributed by atoms with Gasteiger partial charge in [0.2, 0.25) is 6.04 Å². The fraction of sp³-hybridized carbons (Fsp3) is 0.875. The van der Waals surface area contributed by atoms with E-state index in [2.05, 4.69) is 0 Å².